The number of methoxy groups -OCH3 is 1. The second-order valence-corrected chi connectivity index (χ2v) is 8.54. The molecule has 4 rings (SSSR count). The lowest BCUT2D eigenvalue weighted by molar-refractivity contribution is -0.131. The number of amides is 3. The van der Waals surface area contributed by atoms with Crippen LogP contribution in [0, 0.1) is 0 Å². The van der Waals surface area contributed by atoms with Gasteiger partial charge < -0.3 is 14.5 Å². The Kier molecular flexibility index (Phi) is 6.27. The quantitative estimate of drug-likeness (QED) is 0.608. The van der Waals surface area contributed by atoms with E-state index in [1.807, 2.05) is 29.2 Å². The molecular formula is C23H24BrN3O4. The van der Waals surface area contributed by atoms with E-state index in [4.69, 9.17) is 4.74 Å². The summed E-state index contributed by atoms with van der Waals surface area (Å²) in [6.07, 6.45) is 0.994. The summed E-state index contributed by atoms with van der Waals surface area (Å²) in [5, 5.41) is 0. The Balaban J connectivity index is 1.33. The van der Waals surface area contributed by atoms with Crippen LogP contribution < -0.4 is 9.64 Å². The topological polar surface area (TPSA) is 70.2 Å². The van der Waals surface area contributed by atoms with Crippen LogP contribution in [0.4, 0.5) is 5.69 Å². The first-order chi connectivity index (χ1) is 15.0. The number of ether oxygens (including phenoxy) is 1. The van der Waals surface area contributed by atoms with Crippen LogP contribution in [0.25, 0.3) is 0 Å². The molecule has 2 aromatic carbocycles. The van der Waals surface area contributed by atoms with E-state index in [-0.39, 0.29) is 30.7 Å². The molecule has 0 atom stereocenters. The number of hydrogen-bond acceptors (Lipinski definition) is 5. The summed E-state index contributed by atoms with van der Waals surface area (Å²) in [7, 11) is 1.64. The molecule has 7 nitrogen and oxygen atoms in total. The van der Waals surface area contributed by atoms with Crippen molar-refractivity contribution in [2.75, 3.05) is 44.7 Å². The van der Waals surface area contributed by atoms with Gasteiger partial charge in [-0.05, 0) is 48.9 Å². The Hall–Kier alpha value is -2.87. The van der Waals surface area contributed by atoms with Crippen LogP contribution in [-0.4, -0.2) is 67.4 Å². The number of fused-ring (bicyclic) bond motifs is 1. The number of imide groups is 1. The Morgan fingerprint density at radius 3 is 2.45 bits per heavy atom. The van der Waals surface area contributed by atoms with Crippen molar-refractivity contribution in [3.8, 4) is 5.75 Å². The van der Waals surface area contributed by atoms with E-state index in [2.05, 4.69) is 20.8 Å². The molecule has 2 heterocycles. The average molecular weight is 486 g/mol. The normalized spacial score (nSPS) is 16.4. The number of halogens is 1. The van der Waals surface area contributed by atoms with Crippen molar-refractivity contribution in [2.45, 2.75) is 12.8 Å². The van der Waals surface area contributed by atoms with Gasteiger partial charge >= 0.3 is 0 Å². The van der Waals surface area contributed by atoms with E-state index < -0.39 is 0 Å². The molecule has 31 heavy (non-hydrogen) atoms. The lowest BCUT2D eigenvalue weighted by Gasteiger charge is -2.24. The standard InChI is InChI=1S/C23H24BrN3O4/c1-31-18-6-4-17(5-7-18)25-10-2-11-26(14-13-25)21(28)9-12-27-22(29)19-8-3-16(24)15-20(19)23(27)30/h3-8,15H,2,9-14H2,1H3. The summed E-state index contributed by atoms with van der Waals surface area (Å²) in [4.78, 5) is 43.2. The number of carbonyl (C=O) groups excluding carboxylic acids is 3. The van der Waals surface area contributed by atoms with E-state index in [1.54, 1.807) is 25.3 Å². The molecule has 0 unspecified atom stereocenters. The van der Waals surface area contributed by atoms with Gasteiger partial charge in [0.05, 0.1) is 18.2 Å². The maximum absolute atomic E-state index is 12.8. The molecule has 2 aliphatic rings. The van der Waals surface area contributed by atoms with Gasteiger partial charge in [-0.25, -0.2) is 0 Å². The molecule has 0 bridgehead atoms. The van der Waals surface area contributed by atoms with Crippen molar-refractivity contribution < 1.29 is 19.1 Å². The van der Waals surface area contributed by atoms with E-state index >= 15 is 0 Å². The highest BCUT2D eigenvalue weighted by molar-refractivity contribution is 9.10. The summed E-state index contributed by atoms with van der Waals surface area (Å²) in [6, 6.07) is 13.0. The highest BCUT2D eigenvalue weighted by atomic mass is 79.9. The molecule has 162 valence electrons. The summed E-state index contributed by atoms with van der Waals surface area (Å²) in [6.45, 7) is 2.98. The Bertz CT molecular complexity index is 1010. The predicted octanol–water partition coefficient (Wildman–Crippen LogP) is 3.18. The number of carbonyl (C=O) groups is 3. The van der Waals surface area contributed by atoms with Crippen LogP contribution in [0.2, 0.25) is 0 Å². The van der Waals surface area contributed by atoms with Gasteiger partial charge in [0.15, 0.2) is 0 Å². The third-order valence-corrected chi connectivity index (χ3v) is 6.26. The number of anilines is 1. The van der Waals surface area contributed by atoms with Crippen molar-refractivity contribution in [3.05, 3.63) is 58.1 Å². The molecule has 2 aliphatic heterocycles. The van der Waals surface area contributed by atoms with E-state index in [0.717, 1.165) is 35.4 Å². The first-order valence-electron chi connectivity index (χ1n) is 10.3. The molecule has 0 spiro atoms. The van der Waals surface area contributed by atoms with Gasteiger partial charge in [-0.15, -0.1) is 0 Å². The highest BCUT2D eigenvalue weighted by Gasteiger charge is 2.35. The predicted molar refractivity (Wildman–Crippen MR) is 121 cm³/mol. The zero-order valence-corrected chi connectivity index (χ0v) is 18.9. The highest BCUT2D eigenvalue weighted by Crippen LogP contribution is 2.26. The maximum atomic E-state index is 12.8. The fourth-order valence-corrected chi connectivity index (χ4v) is 4.41. The van der Waals surface area contributed by atoms with Gasteiger partial charge in [-0.3, -0.25) is 19.3 Å². The summed E-state index contributed by atoms with van der Waals surface area (Å²) < 4.78 is 5.96. The van der Waals surface area contributed by atoms with Crippen LogP contribution in [0.3, 0.4) is 0 Å². The minimum absolute atomic E-state index is 0.0330. The fraction of sp³-hybridized carbons (Fsp3) is 0.348. The van der Waals surface area contributed by atoms with Gasteiger partial charge in [0, 0.05) is 49.3 Å². The molecule has 1 saturated heterocycles. The Morgan fingerprint density at radius 1 is 0.968 bits per heavy atom. The number of benzene rings is 2. The zero-order chi connectivity index (χ0) is 22.0. The van der Waals surface area contributed by atoms with Gasteiger partial charge in [-0.1, -0.05) is 15.9 Å². The Morgan fingerprint density at radius 2 is 1.71 bits per heavy atom. The summed E-state index contributed by atoms with van der Waals surface area (Å²) in [5.74, 6) is 0.114. The molecule has 3 amide bonds. The maximum Gasteiger partial charge on any atom is 0.261 e. The molecule has 8 heteroatoms. The minimum atomic E-state index is -0.337. The monoisotopic (exact) mass is 485 g/mol. The first-order valence-corrected chi connectivity index (χ1v) is 11.1. The third kappa shape index (κ3) is 4.44. The van der Waals surface area contributed by atoms with Gasteiger partial charge in [-0.2, -0.15) is 0 Å². The van der Waals surface area contributed by atoms with E-state index in [0.29, 0.717) is 24.2 Å². The van der Waals surface area contributed by atoms with Crippen LogP contribution in [0.1, 0.15) is 33.6 Å². The van der Waals surface area contributed by atoms with Crippen molar-refractivity contribution >= 4 is 39.3 Å². The lowest BCUT2D eigenvalue weighted by atomic mass is 10.1. The molecule has 2 aromatic rings. The second-order valence-electron chi connectivity index (χ2n) is 7.62. The minimum Gasteiger partial charge on any atom is -0.497 e. The number of rotatable bonds is 5. The summed E-state index contributed by atoms with van der Waals surface area (Å²) >= 11 is 3.33. The number of hydrogen-bond donors (Lipinski definition) is 0. The lowest BCUT2D eigenvalue weighted by Crippen LogP contribution is -2.38. The molecule has 0 aromatic heterocycles. The van der Waals surface area contributed by atoms with Gasteiger partial charge in [0.1, 0.15) is 5.75 Å². The summed E-state index contributed by atoms with van der Waals surface area (Å²) in [5.41, 5.74) is 1.88. The van der Waals surface area contributed by atoms with Gasteiger partial charge in [0.2, 0.25) is 5.91 Å². The van der Waals surface area contributed by atoms with Crippen LogP contribution in [0.5, 0.6) is 5.75 Å². The smallest absolute Gasteiger partial charge is 0.261 e. The molecule has 0 aliphatic carbocycles. The third-order valence-electron chi connectivity index (χ3n) is 5.77. The molecule has 1 fully saturated rings. The van der Waals surface area contributed by atoms with Crippen molar-refractivity contribution in [1.29, 1.82) is 0 Å². The van der Waals surface area contributed by atoms with E-state index in [1.165, 1.54) is 4.90 Å². The second kappa shape index (κ2) is 9.09. The van der Waals surface area contributed by atoms with Crippen molar-refractivity contribution in [2.24, 2.45) is 0 Å². The van der Waals surface area contributed by atoms with Crippen molar-refractivity contribution in [1.82, 2.24) is 9.80 Å². The molecule has 0 N–H and O–H groups in total. The zero-order valence-electron chi connectivity index (χ0n) is 17.3. The number of nitrogens with zero attached hydrogens (tertiary/aromatic N) is 3. The van der Waals surface area contributed by atoms with Gasteiger partial charge in [0.25, 0.3) is 11.8 Å². The molecule has 0 saturated carbocycles. The first kappa shape index (κ1) is 21.4. The van der Waals surface area contributed by atoms with Crippen LogP contribution >= 0.6 is 15.9 Å². The Labute approximate surface area is 189 Å². The molecule has 0 radical (unpaired) electrons. The largest absolute Gasteiger partial charge is 0.497 e. The average Bonchev–Trinajstić information content (AvgIpc) is 2.95. The fourth-order valence-electron chi connectivity index (χ4n) is 4.05. The van der Waals surface area contributed by atoms with Crippen LogP contribution in [-0.2, 0) is 4.79 Å². The molecular weight excluding hydrogens is 462 g/mol. The van der Waals surface area contributed by atoms with Crippen molar-refractivity contribution in [3.63, 3.8) is 0 Å². The van der Waals surface area contributed by atoms with E-state index in [9.17, 15) is 14.4 Å². The SMILES string of the molecule is COc1ccc(N2CCCN(C(=O)CCN3C(=O)c4ccc(Br)cc4C3=O)CC2)cc1. The van der Waals surface area contributed by atoms with Crippen LogP contribution in [0.15, 0.2) is 46.9 Å².